The first-order valence-corrected chi connectivity index (χ1v) is 8.83. The topological polar surface area (TPSA) is 101 Å². The van der Waals surface area contributed by atoms with Crippen LogP contribution in [0, 0.1) is 0 Å². The van der Waals surface area contributed by atoms with E-state index in [-0.39, 0.29) is 17.4 Å². The molecule has 0 bridgehead atoms. The maximum Gasteiger partial charge on any atom is 0.254 e. The maximum atomic E-state index is 12.7. The summed E-state index contributed by atoms with van der Waals surface area (Å²) in [5.41, 5.74) is 0.604. The van der Waals surface area contributed by atoms with Crippen LogP contribution in [-0.2, 0) is 0 Å². The van der Waals surface area contributed by atoms with Gasteiger partial charge in [-0.3, -0.25) is 9.59 Å². The number of carbonyl (C=O) groups excluding carboxylic acids is 2. The molecule has 1 aliphatic rings. The molecular formula is C19H19ClN2O5. The molecule has 0 saturated carbocycles. The Kier molecular flexibility index (Phi) is 5.41. The number of halogens is 1. The van der Waals surface area contributed by atoms with E-state index in [1.165, 1.54) is 0 Å². The second-order valence-electron chi connectivity index (χ2n) is 6.31. The molecule has 1 saturated heterocycles. The normalized spacial score (nSPS) is 14.7. The smallest absolute Gasteiger partial charge is 0.254 e. The molecule has 27 heavy (non-hydrogen) atoms. The average molecular weight is 391 g/mol. The number of phenols is 3. The van der Waals surface area contributed by atoms with E-state index in [2.05, 4.69) is 0 Å². The predicted molar refractivity (Wildman–Crippen MR) is 99.3 cm³/mol. The Hall–Kier alpha value is -2.93. The van der Waals surface area contributed by atoms with Crippen LogP contribution in [0.2, 0.25) is 5.02 Å². The van der Waals surface area contributed by atoms with Gasteiger partial charge in [-0.15, -0.1) is 0 Å². The molecule has 1 aliphatic heterocycles. The molecule has 3 N–H and O–H groups in total. The predicted octanol–water partition coefficient (Wildman–Crippen LogP) is 2.45. The molecule has 1 heterocycles. The van der Waals surface area contributed by atoms with Crippen molar-refractivity contribution in [2.24, 2.45) is 0 Å². The van der Waals surface area contributed by atoms with Crippen molar-refractivity contribution < 1.29 is 24.9 Å². The summed E-state index contributed by atoms with van der Waals surface area (Å²) in [5, 5.41) is 29.2. The van der Waals surface area contributed by atoms with Gasteiger partial charge >= 0.3 is 0 Å². The van der Waals surface area contributed by atoms with Crippen molar-refractivity contribution in [2.75, 3.05) is 26.2 Å². The van der Waals surface area contributed by atoms with E-state index >= 15 is 0 Å². The van der Waals surface area contributed by atoms with Gasteiger partial charge in [0.2, 0.25) is 0 Å². The van der Waals surface area contributed by atoms with E-state index in [0.717, 1.165) is 12.1 Å². The third kappa shape index (κ3) is 4.09. The van der Waals surface area contributed by atoms with E-state index in [1.54, 1.807) is 34.1 Å². The number of carbonyl (C=O) groups is 2. The quantitative estimate of drug-likeness (QED) is 0.684. The molecule has 0 atom stereocenters. The zero-order valence-corrected chi connectivity index (χ0v) is 15.2. The SMILES string of the molecule is O=C(c1ccc(Cl)cc1)N1CCCN(C(=O)c2cc(O)c(O)c(O)c2)CC1. The van der Waals surface area contributed by atoms with E-state index < -0.39 is 17.2 Å². The van der Waals surface area contributed by atoms with E-state index in [9.17, 15) is 24.9 Å². The fourth-order valence-corrected chi connectivity index (χ4v) is 3.13. The Morgan fingerprint density at radius 3 is 1.78 bits per heavy atom. The van der Waals surface area contributed by atoms with Crippen LogP contribution in [0.25, 0.3) is 0 Å². The van der Waals surface area contributed by atoms with Crippen LogP contribution >= 0.6 is 11.6 Å². The summed E-state index contributed by atoms with van der Waals surface area (Å²) in [6, 6.07) is 8.87. The van der Waals surface area contributed by atoms with Gasteiger partial charge in [-0.2, -0.15) is 0 Å². The maximum absolute atomic E-state index is 12.7. The largest absolute Gasteiger partial charge is 0.504 e. The first-order valence-electron chi connectivity index (χ1n) is 8.46. The number of rotatable bonds is 2. The Labute approximate surface area is 161 Å². The van der Waals surface area contributed by atoms with Gasteiger partial charge in [0.25, 0.3) is 11.8 Å². The van der Waals surface area contributed by atoms with E-state index in [0.29, 0.717) is 43.2 Å². The second kappa shape index (κ2) is 7.75. The summed E-state index contributed by atoms with van der Waals surface area (Å²) in [6.45, 7) is 1.63. The number of aromatic hydroxyl groups is 3. The zero-order chi connectivity index (χ0) is 19.6. The number of nitrogens with zero attached hydrogens (tertiary/aromatic N) is 2. The highest BCUT2D eigenvalue weighted by molar-refractivity contribution is 6.30. The van der Waals surface area contributed by atoms with Gasteiger partial charge in [-0.1, -0.05) is 11.6 Å². The molecule has 0 unspecified atom stereocenters. The van der Waals surface area contributed by atoms with E-state index in [1.807, 2.05) is 0 Å². The van der Waals surface area contributed by atoms with Crippen molar-refractivity contribution in [3.63, 3.8) is 0 Å². The van der Waals surface area contributed by atoms with Gasteiger partial charge in [0.05, 0.1) is 0 Å². The molecule has 2 amide bonds. The van der Waals surface area contributed by atoms with Crippen LogP contribution < -0.4 is 0 Å². The monoisotopic (exact) mass is 390 g/mol. The van der Waals surface area contributed by atoms with Crippen LogP contribution in [-0.4, -0.2) is 63.1 Å². The van der Waals surface area contributed by atoms with Crippen LogP contribution in [0.5, 0.6) is 17.2 Å². The van der Waals surface area contributed by atoms with Gasteiger partial charge in [-0.25, -0.2) is 0 Å². The molecule has 0 radical (unpaired) electrons. The summed E-state index contributed by atoms with van der Waals surface area (Å²) in [4.78, 5) is 28.5. The third-order valence-corrected chi connectivity index (χ3v) is 4.73. The highest BCUT2D eigenvalue weighted by Crippen LogP contribution is 2.35. The first-order chi connectivity index (χ1) is 12.9. The molecule has 2 aromatic carbocycles. The van der Waals surface area contributed by atoms with Crippen molar-refractivity contribution in [3.05, 3.63) is 52.5 Å². The lowest BCUT2D eigenvalue weighted by atomic mass is 10.1. The van der Waals surface area contributed by atoms with Gasteiger partial charge in [0.15, 0.2) is 17.2 Å². The standard InChI is InChI=1S/C19H19ClN2O5/c20-14-4-2-12(3-5-14)18(26)21-6-1-7-22(9-8-21)19(27)13-10-15(23)17(25)16(24)11-13/h2-5,10-11,23-25H,1,6-9H2. The summed E-state index contributed by atoms with van der Waals surface area (Å²) in [6.07, 6.45) is 0.598. The highest BCUT2D eigenvalue weighted by Gasteiger charge is 2.24. The highest BCUT2D eigenvalue weighted by atomic mass is 35.5. The van der Waals surface area contributed by atoms with Gasteiger partial charge in [0, 0.05) is 42.3 Å². The molecule has 7 nitrogen and oxygen atoms in total. The molecule has 8 heteroatoms. The Morgan fingerprint density at radius 1 is 0.778 bits per heavy atom. The lowest BCUT2D eigenvalue weighted by Crippen LogP contribution is -2.37. The van der Waals surface area contributed by atoms with Crippen molar-refractivity contribution in [3.8, 4) is 17.2 Å². The van der Waals surface area contributed by atoms with Crippen molar-refractivity contribution in [2.45, 2.75) is 6.42 Å². The molecule has 2 aromatic rings. The summed E-state index contributed by atoms with van der Waals surface area (Å²) in [7, 11) is 0. The number of hydrogen-bond donors (Lipinski definition) is 3. The molecule has 0 aliphatic carbocycles. The number of benzene rings is 2. The van der Waals surface area contributed by atoms with Crippen molar-refractivity contribution in [1.82, 2.24) is 9.80 Å². The molecule has 142 valence electrons. The van der Waals surface area contributed by atoms with Crippen molar-refractivity contribution >= 4 is 23.4 Å². The Balaban J connectivity index is 1.70. The number of phenolic OH excluding ortho intramolecular Hbond substituents is 3. The zero-order valence-electron chi connectivity index (χ0n) is 14.4. The Bertz CT molecular complexity index is 846. The lowest BCUT2D eigenvalue weighted by Gasteiger charge is -2.22. The van der Waals surface area contributed by atoms with Gasteiger partial charge < -0.3 is 25.1 Å². The summed E-state index contributed by atoms with van der Waals surface area (Å²) < 4.78 is 0. The third-order valence-electron chi connectivity index (χ3n) is 4.48. The first kappa shape index (κ1) is 18.8. The van der Waals surface area contributed by atoms with Crippen LogP contribution in [0.3, 0.4) is 0 Å². The van der Waals surface area contributed by atoms with E-state index in [4.69, 9.17) is 11.6 Å². The van der Waals surface area contributed by atoms with Crippen molar-refractivity contribution in [1.29, 1.82) is 0 Å². The summed E-state index contributed by atoms with van der Waals surface area (Å²) >= 11 is 5.85. The van der Waals surface area contributed by atoms with Crippen LogP contribution in [0.15, 0.2) is 36.4 Å². The van der Waals surface area contributed by atoms with Crippen LogP contribution in [0.4, 0.5) is 0 Å². The minimum atomic E-state index is -0.665. The molecule has 0 spiro atoms. The molecule has 3 rings (SSSR count). The molecule has 0 aromatic heterocycles. The second-order valence-corrected chi connectivity index (χ2v) is 6.74. The average Bonchev–Trinajstić information content (AvgIpc) is 2.91. The Morgan fingerprint density at radius 2 is 1.26 bits per heavy atom. The van der Waals surface area contributed by atoms with Gasteiger partial charge in [0.1, 0.15) is 0 Å². The number of amides is 2. The minimum absolute atomic E-state index is 0.0697. The number of hydrogen-bond acceptors (Lipinski definition) is 5. The van der Waals surface area contributed by atoms with Crippen LogP contribution in [0.1, 0.15) is 27.1 Å². The summed E-state index contributed by atoms with van der Waals surface area (Å²) in [5.74, 6) is -2.30. The lowest BCUT2D eigenvalue weighted by molar-refractivity contribution is 0.0718. The fraction of sp³-hybridized carbons (Fsp3) is 0.263. The minimum Gasteiger partial charge on any atom is -0.504 e. The molecular weight excluding hydrogens is 372 g/mol. The molecule has 1 fully saturated rings. The fourth-order valence-electron chi connectivity index (χ4n) is 3.01. The van der Waals surface area contributed by atoms with Gasteiger partial charge in [-0.05, 0) is 42.8 Å².